The van der Waals surface area contributed by atoms with Gasteiger partial charge < -0.3 is 4.74 Å². The molecule has 1 saturated heterocycles. The molecule has 4 amide bonds. The maximum atomic E-state index is 12.9. The fourth-order valence-electron chi connectivity index (χ4n) is 2.68. The number of anilines is 1. The molecule has 9 heteroatoms. The van der Waals surface area contributed by atoms with Crippen LogP contribution < -0.4 is 15.0 Å². The largest absolute Gasteiger partial charge is 0.493 e. The van der Waals surface area contributed by atoms with Gasteiger partial charge in [0.15, 0.2) is 0 Å². The quantitative estimate of drug-likeness (QED) is 0.368. The van der Waals surface area contributed by atoms with Crippen LogP contribution in [0.3, 0.4) is 0 Å². The summed E-state index contributed by atoms with van der Waals surface area (Å²) in [5.74, 6) is -1.28. The summed E-state index contributed by atoms with van der Waals surface area (Å²) in [5, 5.41) is 13.1. The highest BCUT2D eigenvalue weighted by atomic mass is 16.6. The number of nitrogens with one attached hydrogen (secondary N) is 1. The second kappa shape index (κ2) is 7.70. The Hall–Kier alpha value is -4.01. The fraction of sp³-hybridized carbons (Fsp3) is 0.105. The average molecular weight is 381 g/mol. The number of hydrogen-bond acceptors (Lipinski definition) is 6. The molecule has 9 nitrogen and oxygen atoms in total. The lowest BCUT2D eigenvalue weighted by molar-refractivity contribution is -0.384. The molecule has 1 N–H and O–H groups in total. The zero-order valence-corrected chi connectivity index (χ0v) is 14.7. The molecule has 0 aliphatic carbocycles. The van der Waals surface area contributed by atoms with Gasteiger partial charge in [-0.15, -0.1) is 0 Å². The van der Waals surface area contributed by atoms with Crippen LogP contribution in [-0.2, 0) is 9.59 Å². The van der Waals surface area contributed by atoms with E-state index in [0.29, 0.717) is 22.8 Å². The van der Waals surface area contributed by atoms with Crippen molar-refractivity contribution in [3.63, 3.8) is 0 Å². The summed E-state index contributed by atoms with van der Waals surface area (Å²) >= 11 is 0. The standard InChI is InChI=1S/C19H15N3O6/c1-2-28-16-9-4-3-6-12(16)10-15-17(23)20-19(25)21(18(15)24)13-7-5-8-14(11-13)22(26)27/h3-11H,2H2,1H3,(H,20,23,25)/b15-10+. The van der Waals surface area contributed by atoms with Crippen LogP contribution in [0.25, 0.3) is 6.08 Å². The molecule has 2 aromatic carbocycles. The molecule has 1 aliphatic heterocycles. The molecule has 0 spiro atoms. The third-order valence-corrected chi connectivity index (χ3v) is 3.92. The molecular weight excluding hydrogens is 366 g/mol. The van der Waals surface area contributed by atoms with E-state index in [9.17, 15) is 24.5 Å². The first-order valence-electron chi connectivity index (χ1n) is 8.30. The Labute approximate surface area is 159 Å². The molecule has 3 rings (SSSR count). The summed E-state index contributed by atoms with van der Waals surface area (Å²) in [6.45, 7) is 2.18. The number of nitro benzene ring substituents is 1. The first kappa shape index (κ1) is 18.8. The highest BCUT2D eigenvalue weighted by molar-refractivity contribution is 6.39. The lowest BCUT2D eigenvalue weighted by atomic mass is 10.1. The van der Waals surface area contributed by atoms with Gasteiger partial charge in [0.05, 0.1) is 17.2 Å². The van der Waals surface area contributed by atoms with Gasteiger partial charge >= 0.3 is 6.03 Å². The zero-order valence-electron chi connectivity index (χ0n) is 14.7. The molecule has 2 aromatic rings. The molecule has 0 aromatic heterocycles. The summed E-state index contributed by atoms with van der Waals surface area (Å²) in [5.41, 5.74) is -0.120. The van der Waals surface area contributed by atoms with Gasteiger partial charge in [0.1, 0.15) is 11.3 Å². The van der Waals surface area contributed by atoms with Crippen LogP contribution in [0.15, 0.2) is 54.1 Å². The van der Waals surface area contributed by atoms with E-state index >= 15 is 0 Å². The number of amides is 4. The zero-order chi connectivity index (χ0) is 20.3. The number of carbonyl (C=O) groups is 3. The number of carbonyl (C=O) groups excluding carboxylic acids is 3. The van der Waals surface area contributed by atoms with Gasteiger partial charge in [0.25, 0.3) is 17.5 Å². The van der Waals surface area contributed by atoms with Crippen LogP contribution >= 0.6 is 0 Å². The summed E-state index contributed by atoms with van der Waals surface area (Å²) in [4.78, 5) is 48.3. The van der Waals surface area contributed by atoms with Gasteiger partial charge in [0, 0.05) is 17.7 Å². The first-order chi connectivity index (χ1) is 13.4. The Balaban J connectivity index is 2.04. The van der Waals surface area contributed by atoms with Crippen molar-refractivity contribution in [1.82, 2.24) is 5.32 Å². The SMILES string of the molecule is CCOc1ccccc1/C=C1\C(=O)NC(=O)N(c2cccc([N+](=O)[O-])c2)C1=O. The molecule has 0 saturated carbocycles. The van der Waals surface area contributed by atoms with E-state index < -0.39 is 22.8 Å². The molecule has 0 radical (unpaired) electrons. The summed E-state index contributed by atoms with van der Waals surface area (Å²) < 4.78 is 5.48. The minimum Gasteiger partial charge on any atom is -0.493 e. The molecule has 0 atom stereocenters. The lowest BCUT2D eigenvalue weighted by Gasteiger charge is -2.26. The monoisotopic (exact) mass is 381 g/mol. The van der Waals surface area contributed by atoms with Gasteiger partial charge in [0.2, 0.25) is 0 Å². The lowest BCUT2D eigenvalue weighted by Crippen LogP contribution is -2.54. The maximum absolute atomic E-state index is 12.9. The number of barbiturate groups is 1. The Morgan fingerprint density at radius 3 is 2.61 bits per heavy atom. The van der Waals surface area contributed by atoms with Crippen molar-refractivity contribution in [2.24, 2.45) is 0 Å². The number of nitrogens with zero attached hydrogens (tertiary/aromatic N) is 2. The van der Waals surface area contributed by atoms with E-state index in [2.05, 4.69) is 5.32 Å². The van der Waals surface area contributed by atoms with E-state index in [-0.39, 0.29) is 16.9 Å². The smallest absolute Gasteiger partial charge is 0.335 e. The number of ether oxygens (including phenoxy) is 1. The van der Waals surface area contributed by atoms with Crippen LogP contribution in [-0.4, -0.2) is 29.4 Å². The van der Waals surface area contributed by atoms with Crippen LogP contribution in [0, 0.1) is 10.1 Å². The number of rotatable bonds is 5. The third kappa shape index (κ3) is 3.58. The number of non-ortho nitro benzene ring substituents is 1. The van der Waals surface area contributed by atoms with Crippen LogP contribution in [0.2, 0.25) is 0 Å². The molecule has 0 bridgehead atoms. The molecular formula is C19H15N3O6. The fourth-order valence-corrected chi connectivity index (χ4v) is 2.68. The predicted octanol–water partition coefficient (Wildman–Crippen LogP) is 2.66. The number of urea groups is 1. The normalized spacial score (nSPS) is 15.5. The summed E-state index contributed by atoms with van der Waals surface area (Å²) in [6.07, 6.45) is 1.32. The van der Waals surface area contributed by atoms with Gasteiger partial charge in [-0.05, 0) is 25.1 Å². The average Bonchev–Trinajstić information content (AvgIpc) is 2.66. The molecule has 1 fully saturated rings. The van der Waals surface area contributed by atoms with Crippen molar-refractivity contribution in [3.05, 3.63) is 69.8 Å². The van der Waals surface area contributed by atoms with E-state index in [1.165, 1.54) is 24.3 Å². The first-order valence-corrected chi connectivity index (χ1v) is 8.30. The summed E-state index contributed by atoms with van der Waals surface area (Å²) in [6, 6.07) is 10.8. The summed E-state index contributed by atoms with van der Waals surface area (Å²) in [7, 11) is 0. The molecule has 1 heterocycles. The number of hydrogen-bond donors (Lipinski definition) is 1. The Morgan fingerprint density at radius 2 is 1.89 bits per heavy atom. The molecule has 1 aliphatic rings. The minimum absolute atomic E-state index is 0.0202. The third-order valence-electron chi connectivity index (χ3n) is 3.92. The number of nitro groups is 1. The Bertz CT molecular complexity index is 1010. The van der Waals surface area contributed by atoms with Crippen LogP contribution in [0.4, 0.5) is 16.2 Å². The van der Waals surface area contributed by atoms with E-state index in [1.54, 1.807) is 31.2 Å². The van der Waals surface area contributed by atoms with Crippen molar-refractivity contribution < 1.29 is 24.0 Å². The predicted molar refractivity (Wildman–Crippen MR) is 99.7 cm³/mol. The minimum atomic E-state index is -0.981. The van der Waals surface area contributed by atoms with Gasteiger partial charge in [-0.1, -0.05) is 24.3 Å². The number of para-hydroxylation sites is 1. The molecule has 0 unspecified atom stereocenters. The Kier molecular flexibility index (Phi) is 5.16. The number of benzene rings is 2. The highest BCUT2D eigenvalue weighted by Gasteiger charge is 2.37. The van der Waals surface area contributed by atoms with Gasteiger partial charge in [-0.3, -0.25) is 25.0 Å². The van der Waals surface area contributed by atoms with Crippen molar-refractivity contribution >= 4 is 35.3 Å². The van der Waals surface area contributed by atoms with Crippen molar-refractivity contribution in [3.8, 4) is 5.75 Å². The van der Waals surface area contributed by atoms with E-state index in [1.807, 2.05) is 0 Å². The number of imide groups is 2. The molecule has 28 heavy (non-hydrogen) atoms. The second-order valence-electron chi connectivity index (χ2n) is 5.71. The van der Waals surface area contributed by atoms with Crippen molar-refractivity contribution in [2.45, 2.75) is 6.92 Å². The maximum Gasteiger partial charge on any atom is 0.335 e. The van der Waals surface area contributed by atoms with Crippen molar-refractivity contribution in [2.75, 3.05) is 11.5 Å². The second-order valence-corrected chi connectivity index (χ2v) is 5.71. The van der Waals surface area contributed by atoms with Gasteiger partial charge in [-0.25, -0.2) is 9.69 Å². The van der Waals surface area contributed by atoms with Crippen molar-refractivity contribution in [1.29, 1.82) is 0 Å². The van der Waals surface area contributed by atoms with E-state index in [0.717, 1.165) is 6.07 Å². The van der Waals surface area contributed by atoms with Crippen LogP contribution in [0.1, 0.15) is 12.5 Å². The Morgan fingerprint density at radius 1 is 1.14 bits per heavy atom. The van der Waals surface area contributed by atoms with Crippen LogP contribution in [0.5, 0.6) is 5.75 Å². The van der Waals surface area contributed by atoms with E-state index in [4.69, 9.17) is 4.74 Å². The highest BCUT2D eigenvalue weighted by Crippen LogP contribution is 2.27. The van der Waals surface area contributed by atoms with Gasteiger partial charge in [-0.2, -0.15) is 0 Å². The topological polar surface area (TPSA) is 119 Å². The molecule has 142 valence electrons.